The van der Waals surface area contributed by atoms with E-state index >= 15 is 0 Å². The molecule has 0 aromatic heterocycles. The minimum Gasteiger partial charge on any atom is -0.481 e. The average molecular weight is 224 g/mol. The molecule has 1 aliphatic rings. The smallest absolute Gasteiger partial charge is 0.311 e. The number of hydrogen-bond acceptors (Lipinski definition) is 1. The van der Waals surface area contributed by atoms with E-state index in [2.05, 4.69) is 6.07 Å². The predicted octanol–water partition coefficient (Wildman–Crippen LogP) is 3.08. The molecule has 17 heavy (non-hydrogen) atoms. The van der Waals surface area contributed by atoms with E-state index in [9.17, 15) is 9.90 Å². The van der Waals surface area contributed by atoms with E-state index in [1.807, 2.05) is 42.5 Å². The van der Waals surface area contributed by atoms with Crippen molar-refractivity contribution in [2.45, 2.75) is 12.3 Å². The van der Waals surface area contributed by atoms with Crippen LogP contribution in [0.4, 0.5) is 0 Å². The van der Waals surface area contributed by atoms with Gasteiger partial charge < -0.3 is 5.11 Å². The Morgan fingerprint density at radius 2 is 1.65 bits per heavy atom. The zero-order valence-electron chi connectivity index (χ0n) is 9.26. The SMILES string of the molecule is O=C(O)[C@@H]1Cc2ccccc2-c2ccccc21. The Hall–Kier alpha value is -2.09. The van der Waals surface area contributed by atoms with Crippen molar-refractivity contribution in [2.24, 2.45) is 0 Å². The molecule has 0 heterocycles. The minimum atomic E-state index is -0.744. The number of aliphatic carboxylic acids is 1. The van der Waals surface area contributed by atoms with E-state index in [1.54, 1.807) is 0 Å². The van der Waals surface area contributed by atoms with Crippen LogP contribution in [0.2, 0.25) is 0 Å². The Balaban J connectivity index is 2.26. The highest BCUT2D eigenvalue weighted by molar-refractivity contribution is 5.85. The molecule has 0 spiro atoms. The first-order valence-electron chi connectivity index (χ1n) is 5.67. The molecule has 1 N–H and O–H groups in total. The van der Waals surface area contributed by atoms with Crippen LogP contribution in [0.5, 0.6) is 0 Å². The van der Waals surface area contributed by atoms with Gasteiger partial charge in [0.15, 0.2) is 0 Å². The molecule has 3 rings (SSSR count). The van der Waals surface area contributed by atoms with Crippen molar-refractivity contribution in [3.05, 3.63) is 59.7 Å². The summed E-state index contributed by atoms with van der Waals surface area (Å²) in [5.41, 5.74) is 4.28. The molecular formula is C15H12O2. The van der Waals surface area contributed by atoms with E-state index in [1.165, 1.54) is 5.56 Å². The van der Waals surface area contributed by atoms with E-state index in [0.29, 0.717) is 6.42 Å². The summed E-state index contributed by atoms with van der Waals surface area (Å²) in [5.74, 6) is -1.16. The summed E-state index contributed by atoms with van der Waals surface area (Å²) < 4.78 is 0. The molecule has 0 aliphatic heterocycles. The Kier molecular flexibility index (Phi) is 2.22. The maximum atomic E-state index is 11.3. The Bertz CT molecular complexity index is 587. The van der Waals surface area contributed by atoms with Crippen molar-refractivity contribution >= 4 is 5.97 Å². The summed E-state index contributed by atoms with van der Waals surface area (Å²) in [4.78, 5) is 11.3. The van der Waals surface area contributed by atoms with Gasteiger partial charge in [-0.25, -0.2) is 0 Å². The molecule has 1 atom stereocenters. The standard InChI is InChI=1S/C15H12O2/c16-15(17)14-9-10-5-1-2-6-11(10)12-7-3-4-8-13(12)14/h1-8,14H,9H2,(H,16,17)/t14-/m1/s1. The quantitative estimate of drug-likeness (QED) is 0.808. The van der Waals surface area contributed by atoms with E-state index in [-0.39, 0.29) is 0 Å². The maximum Gasteiger partial charge on any atom is 0.311 e. The van der Waals surface area contributed by atoms with Crippen LogP contribution in [0.15, 0.2) is 48.5 Å². The van der Waals surface area contributed by atoms with Crippen molar-refractivity contribution in [3.8, 4) is 11.1 Å². The third-order valence-corrected chi connectivity index (χ3v) is 3.37. The fourth-order valence-electron chi connectivity index (χ4n) is 2.56. The normalized spacial score (nSPS) is 17.1. The summed E-state index contributed by atoms with van der Waals surface area (Å²) >= 11 is 0. The molecule has 2 nitrogen and oxygen atoms in total. The van der Waals surface area contributed by atoms with Crippen molar-refractivity contribution in [3.63, 3.8) is 0 Å². The largest absolute Gasteiger partial charge is 0.481 e. The lowest BCUT2D eigenvalue weighted by Crippen LogP contribution is -2.19. The Labute approximate surface area is 99.5 Å². The molecule has 0 amide bonds. The highest BCUT2D eigenvalue weighted by atomic mass is 16.4. The molecule has 2 aromatic carbocycles. The summed E-state index contributed by atoms with van der Waals surface area (Å²) in [7, 11) is 0. The summed E-state index contributed by atoms with van der Waals surface area (Å²) in [6.45, 7) is 0. The highest BCUT2D eigenvalue weighted by Gasteiger charge is 2.28. The van der Waals surface area contributed by atoms with Gasteiger partial charge >= 0.3 is 5.97 Å². The second kappa shape index (κ2) is 3.74. The number of rotatable bonds is 1. The van der Waals surface area contributed by atoms with Crippen LogP contribution in [0, 0.1) is 0 Å². The third kappa shape index (κ3) is 1.53. The van der Waals surface area contributed by atoms with Crippen LogP contribution in [0.25, 0.3) is 11.1 Å². The first kappa shape index (κ1) is 10.1. The average Bonchev–Trinajstić information content (AvgIpc) is 2.37. The van der Waals surface area contributed by atoms with Gasteiger partial charge in [-0.3, -0.25) is 4.79 Å². The number of fused-ring (bicyclic) bond motifs is 3. The van der Waals surface area contributed by atoms with E-state index < -0.39 is 11.9 Å². The minimum absolute atomic E-state index is 0.416. The summed E-state index contributed by atoms with van der Waals surface area (Å²) in [6.07, 6.45) is 0.586. The van der Waals surface area contributed by atoms with Crippen LogP contribution >= 0.6 is 0 Å². The van der Waals surface area contributed by atoms with Crippen LogP contribution < -0.4 is 0 Å². The molecule has 2 aromatic rings. The lowest BCUT2D eigenvalue weighted by atomic mass is 9.79. The molecule has 0 radical (unpaired) electrons. The van der Waals surface area contributed by atoms with Gasteiger partial charge in [0.25, 0.3) is 0 Å². The van der Waals surface area contributed by atoms with Gasteiger partial charge in [0.1, 0.15) is 0 Å². The lowest BCUT2D eigenvalue weighted by molar-refractivity contribution is -0.138. The van der Waals surface area contributed by atoms with Crippen molar-refractivity contribution in [1.29, 1.82) is 0 Å². The number of carboxylic acids is 1. The topological polar surface area (TPSA) is 37.3 Å². The van der Waals surface area contributed by atoms with Gasteiger partial charge in [-0.15, -0.1) is 0 Å². The number of carboxylic acid groups (broad SMARTS) is 1. The maximum absolute atomic E-state index is 11.3. The second-order valence-electron chi connectivity index (χ2n) is 4.34. The van der Waals surface area contributed by atoms with Crippen LogP contribution in [-0.2, 0) is 11.2 Å². The lowest BCUT2D eigenvalue weighted by Gasteiger charge is -2.24. The number of hydrogen-bond donors (Lipinski definition) is 1. The third-order valence-electron chi connectivity index (χ3n) is 3.37. The molecule has 0 unspecified atom stereocenters. The number of benzene rings is 2. The highest BCUT2D eigenvalue weighted by Crippen LogP contribution is 2.39. The van der Waals surface area contributed by atoms with Crippen LogP contribution in [0.3, 0.4) is 0 Å². The molecule has 0 saturated carbocycles. The van der Waals surface area contributed by atoms with E-state index in [4.69, 9.17) is 0 Å². The van der Waals surface area contributed by atoms with Crippen LogP contribution in [-0.4, -0.2) is 11.1 Å². The summed E-state index contributed by atoms with van der Waals surface area (Å²) in [5, 5.41) is 9.31. The molecule has 0 bridgehead atoms. The van der Waals surface area contributed by atoms with Crippen molar-refractivity contribution in [2.75, 3.05) is 0 Å². The first-order valence-corrected chi connectivity index (χ1v) is 5.67. The fraction of sp³-hybridized carbons (Fsp3) is 0.133. The van der Waals surface area contributed by atoms with Crippen molar-refractivity contribution in [1.82, 2.24) is 0 Å². The first-order chi connectivity index (χ1) is 8.27. The van der Waals surface area contributed by atoms with E-state index in [0.717, 1.165) is 16.7 Å². The summed E-state index contributed by atoms with van der Waals surface area (Å²) in [6, 6.07) is 15.8. The Morgan fingerprint density at radius 1 is 1.00 bits per heavy atom. The van der Waals surface area contributed by atoms with Gasteiger partial charge in [-0.1, -0.05) is 48.5 Å². The number of carbonyl (C=O) groups is 1. The van der Waals surface area contributed by atoms with Crippen molar-refractivity contribution < 1.29 is 9.90 Å². The second-order valence-corrected chi connectivity index (χ2v) is 4.34. The van der Waals surface area contributed by atoms with Gasteiger partial charge in [-0.05, 0) is 28.7 Å². The zero-order chi connectivity index (χ0) is 11.8. The molecule has 1 aliphatic carbocycles. The zero-order valence-corrected chi connectivity index (χ0v) is 9.26. The molecule has 2 heteroatoms. The Morgan fingerprint density at radius 3 is 2.41 bits per heavy atom. The fourth-order valence-corrected chi connectivity index (χ4v) is 2.56. The monoisotopic (exact) mass is 224 g/mol. The predicted molar refractivity (Wildman–Crippen MR) is 66.0 cm³/mol. The van der Waals surface area contributed by atoms with Gasteiger partial charge in [0.2, 0.25) is 0 Å². The molecule has 0 saturated heterocycles. The van der Waals surface area contributed by atoms with Crippen LogP contribution in [0.1, 0.15) is 17.0 Å². The van der Waals surface area contributed by atoms with Gasteiger partial charge in [0, 0.05) is 0 Å². The molecule has 0 fully saturated rings. The van der Waals surface area contributed by atoms with Gasteiger partial charge in [-0.2, -0.15) is 0 Å². The molecule has 84 valence electrons. The van der Waals surface area contributed by atoms with Gasteiger partial charge in [0.05, 0.1) is 5.92 Å². The molecular weight excluding hydrogens is 212 g/mol.